The van der Waals surface area contributed by atoms with Crippen LogP contribution in [0.4, 0.5) is 10.1 Å². The van der Waals surface area contributed by atoms with Crippen molar-refractivity contribution in [2.45, 2.75) is 38.8 Å². The van der Waals surface area contributed by atoms with E-state index in [1.807, 2.05) is 30.2 Å². The molecule has 1 saturated heterocycles. The largest absolute Gasteiger partial charge is 0.365 e. The van der Waals surface area contributed by atoms with Crippen LogP contribution in [0.15, 0.2) is 35.4 Å². The van der Waals surface area contributed by atoms with Crippen molar-refractivity contribution < 1.29 is 9.18 Å². The van der Waals surface area contributed by atoms with E-state index in [9.17, 15) is 14.0 Å². The number of nitrogens with zero attached hydrogens (tertiary/aromatic N) is 4. The molecule has 1 saturated carbocycles. The molecule has 2 fully saturated rings. The summed E-state index contributed by atoms with van der Waals surface area (Å²) in [7, 11) is 0. The predicted octanol–water partition coefficient (Wildman–Crippen LogP) is 2.23. The minimum absolute atomic E-state index is 0.0655. The molecule has 0 unspecified atom stereocenters. The van der Waals surface area contributed by atoms with E-state index in [1.54, 1.807) is 0 Å². The smallest absolute Gasteiger partial charge is 0.270 e. The summed E-state index contributed by atoms with van der Waals surface area (Å²) in [6, 6.07) is 5.26. The topological polar surface area (TPSA) is 94.2 Å². The molecule has 1 aliphatic carbocycles. The van der Waals surface area contributed by atoms with Crippen LogP contribution in [0, 0.1) is 5.82 Å². The molecule has 0 aromatic carbocycles. The molecule has 2 aliphatic rings. The summed E-state index contributed by atoms with van der Waals surface area (Å²) in [6.45, 7) is 5.48. The van der Waals surface area contributed by atoms with E-state index in [0.717, 1.165) is 48.1 Å². The van der Waals surface area contributed by atoms with Gasteiger partial charge in [-0.2, -0.15) is 0 Å². The highest BCUT2D eigenvalue weighted by Gasteiger charge is 2.26. The number of pyridine rings is 3. The number of aryl methyl sites for hydroxylation is 1. The number of nitrogens with one attached hydrogen (secondary N) is 2. The first kappa shape index (κ1) is 21.5. The van der Waals surface area contributed by atoms with Crippen molar-refractivity contribution in [3.63, 3.8) is 0 Å². The number of aromatic nitrogens is 3. The Morgan fingerprint density at radius 1 is 1.15 bits per heavy atom. The van der Waals surface area contributed by atoms with Crippen LogP contribution < -0.4 is 15.8 Å². The Morgan fingerprint density at radius 2 is 1.94 bits per heavy atom. The number of carbonyl (C=O) groups is 1. The molecule has 0 atom stereocenters. The van der Waals surface area contributed by atoms with Gasteiger partial charge in [0.15, 0.2) is 0 Å². The van der Waals surface area contributed by atoms with Gasteiger partial charge in [-0.3, -0.25) is 19.5 Å². The number of rotatable bonds is 6. The predicted molar refractivity (Wildman–Crippen MR) is 124 cm³/mol. The van der Waals surface area contributed by atoms with Crippen molar-refractivity contribution in [1.82, 2.24) is 25.2 Å². The van der Waals surface area contributed by atoms with E-state index < -0.39 is 5.82 Å². The second-order valence-electron chi connectivity index (χ2n) is 8.79. The molecule has 9 heteroatoms. The van der Waals surface area contributed by atoms with Crippen molar-refractivity contribution in [2.75, 3.05) is 31.1 Å². The third-order valence-electron chi connectivity index (χ3n) is 6.31. The van der Waals surface area contributed by atoms with Crippen LogP contribution in [0.3, 0.4) is 0 Å². The average Bonchev–Trinajstić information content (AvgIpc) is 3.63. The number of amides is 1. The van der Waals surface area contributed by atoms with Gasteiger partial charge in [0.25, 0.3) is 11.5 Å². The molecule has 2 N–H and O–H groups in total. The summed E-state index contributed by atoms with van der Waals surface area (Å²) >= 11 is 0. The highest BCUT2D eigenvalue weighted by atomic mass is 19.1. The first-order chi connectivity index (χ1) is 16.0. The molecule has 0 radical (unpaired) electrons. The summed E-state index contributed by atoms with van der Waals surface area (Å²) in [5.41, 5.74) is 3.77. The molecule has 0 spiro atoms. The summed E-state index contributed by atoms with van der Waals surface area (Å²) < 4.78 is 14.7. The maximum absolute atomic E-state index is 14.7. The van der Waals surface area contributed by atoms with Crippen LogP contribution in [0.5, 0.6) is 0 Å². The highest BCUT2D eigenvalue weighted by molar-refractivity contribution is 5.92. The lowest BCUT2D eigenvalue weighted by Crippen LogP contribution is -2.46. The van der Waals surface area contributed by atoms with Crippen molar-refractivity contribution >= 4 is 22.6 Å². The van der Waals surface area contributed by atoms with Crippen molar-refractivity contribution in [3.8, 4) is 0 Å². The first-order valence-electron chi connectivity index (χ1n) is 11.4. The highest BCUT2D eigenvalue weighted by Crippen LogP contribution is 2.23. The van der Waals surface area contributed by atoms with E-state index in [-0.39, 0.29) is 23.2 Å². The number of piperazine rings is 1. The van der Waals surface area contributed by atoms with E-state index >= 15 is 0 Å². The third kappa shape index (κ3) is 4.73. The van der Waals surface area contributed by atoms with Crippen molar-refractivity contribution in [3.05, 3.63) is 63.6 Å². The number of halogens is 1. The number of aromatic amines is 1. The third-order valence-corrected chi connectivity index (χ3v) is 6.31. The van der Waals surface area contributed by atoms with Crippen LogP contribution in [0.2, 0.25) is 0 Å². The fraction of sp³-hybridized carbons (Fsp3) is 0.417. The number of H-pyrrole nitrogens is 1. The molecule has 33 heavy (non-hydrogen) atoms. The summed E-state index contributed by atoms with van der Waals surface area (Å²) in [4.78, 5) is 40.1. The summed E-state index contributed by atoms with van der Waals surface area (Å²) in [6.07, 6.45) is 5.93. The van der Waals surface area contributed by atoms with Gasteiger partial charge in [0.05, 0.1) is 22.9 Å². The number of fused-ring (bicyclic) bond motifs is 1. The van der Waals surface area contributed by atoms with Crippen molar-refractivity contribution in [2.24, 2.45) is 0 Å². The lowest BCUT2D eigenvalue weighted by molar-refractivity contribution is 0.0945. The Hall–Kier alpha value is -3.33. The molecule has 1 aliphatic heterocycles. The molecule has 1 amide bonds. The van der Waals surface area contributed by atoms with Gasteiger partial charge in [0.2, 0.25) is 0 Å². The van der Waals surface area contributed by atoms with Crippen LogP contribution in [-0.2, 0) is 13.0 Å². The van der Waals surface area contributed by atoms with Gasteiger partial charge in [-0.25, -0.2) is 9.37 Å². The molecule has 3 aromatic rings. The number of hydrogen-bond donors (Lipinski definition) is 2. The standard InChI is InChI=1S/C24H27FN6O2/c1-2-16-10-19-20(29-23(16)32)9-15(12-26-19)14-30-5-7-31(8-6-30)22-13-27-21(11-18(22)25)24(33)28-17-3-4-17/h9-13,17H,2-8,14H2,1H3,(H,28,33)(H,29,32). The van der Waals surface area contributed by atoms with E-state index in [2.05, 4.69) is 25.2 Å². The summed E-state index contributed by atoms with van der Waals surface area (Å²) in [5, 5.41) is 2.83. The molecular formula is C24H27FN6O2. The zero-order chi connectivity index (χ0) is 22.9. The zero-order valence-corrected chi connectivity index (χ0v) is 18.6. The van der Waals surface area contributed by atoms with Crippen LogP contribution in [0.25, 0.3) is 11.0 Å². The molecule has 4 heterocycles. The molecule has 0 bridgehead atoms. The van der Waals surface area contributed by atoms with Gasteiger partial charge >= 0.3 is 0 Å². The first-order valence-corrected chi connectivity index (χ1v) is 11.4. The second kappa shape index (κ2) is 8.90. The molecule has 5 rings (SSSR count). The van der Waals surface area contributed by atoms with Crippen LogP contribution in [0.1, 0.15) is 41.4 Å². The van der Waals surface area contributed by atoms with E-state index in [1.165, 1.54) is 12.3 Å². The fourth-order valence-corrected chi connectivity index (χ4v) is 4.19. The second-order valence-corrected chi connectivity index (χ2v) is 8.79. The summed E-state index contributed by atoms with van der Waals surface area (Å²) in [5.74, 6) is -0.738. The Bertz CT molecular complexity index is 1250. The SMILES string of the molecule is CCc1cc2ncc(CN3CCN(c4cnc(C(=O)NC5CC5)cc4F)CC3)cc2[nH]c1=O. The van der Waals surface area contributed by atoms with Gasteiger partial charge in [0.1, 0.15) is 11.5 Å². The fourth-order valence-electron chi connectivity index (χ4n) is 4.19. The van der Waals surface area contributed by atoms with E-state index in [4.69, 9.17) is 0 Å². The lowest BCUT2D eigenvalue weighted by atomic mass is 10.1. The minimum atomic E-state index is -0.423. The molecule has 172 valence electrons. The zero-order valence-electron chi connectivity index (χ0n) is 18.6. The number of hydrogen-bond acceptors (Lipinski definition) is 6. The normalized spacial score (nSPS) is 16.8. The van der Waals surface area contributed by atoms with Crippen molar-refractivity contribution in [1.29, 1.82) is 0 Å². The average molecular weight is 451 g/mol. The van der Waals surface area contributed by atoms with E-state index in [0.29, 0.717) is 31.7 Å². The maximum atomic E-state index is 14.7. The van der Waals surface area contributed by atoms with Gasteiger partial charge < -0.3 is 15.2 Å². The molecule has 8 nitrogen and oxygen atoms in total. The maximum Gasteiger partial charge on any atom is 0.270 e. The van der Waals surface area contributed by atoms with Gasteiger partial charge in [-0.15, -0.1) is 0 Å². The number of carbonyl (C=O) groups excluding carboxylic acids is 1. The van der Waals surface area contributed by atoms with Gasteiger partial charge in [-0.1, -0.05) is 6.92 Å². The van der Waals surface area contributed by atoms with Gasteiger partial charge in [0, 0.05) is 56.6 Å². The Labute approximate surface area is 190 Å². The Balaban J connectivity index is 1.21. The van der Waals surface area contributed by atoms with Crippen LogP contribution >= 0.6 is 0 Å². The minimum Gasteiger partial charge on any atom is -0.365 e. The molecular weight excluding hydrogens is 423 g/mol. The number of anilines is 1. The quantitative estimate of drug-likeness (QED) is 0.598. The monoisotopic (exact) mass is 450 g/mol. The Kier molecular flexibility index (Phi) is 5.80. The van der Waals surface area contributed by atoms with Crippen LogP contribution in [-0.4, -0.2) is 58.0 Å². The lowest BCUT2D eigenvalue weighted by Gasteiger charge is -2.36. The Morgan fingerprint density at radius 3 is 2.64 bits per heavy atom. The molecule has 3 aromatic heterocycles. The van der Waals surface area contributed by atoms with Gasteiger partial charge in [-0.05, 0) is 37.0 Å².